The fourth-order valence-corrected chi connectivity index (χ4v) is 2.49. The smallest absolute Gasteiger partial charge is 0.337 e. The molecule has 2 rings (SSSR count). The monoisotopic (exact) mass is 282 g/mol. The number of imidazole rings is 1. The van der Waals surface area contributed by atoms with Crippen molar-refractivity contribution in [2.24, 2.45) is 0 Å². The first-order valence-electron chi connectivity index (χ1n) is 5.66. The fourth-order valence-electron chi connectivity index (χ4n) is 1.98. The molecule has 7 heteroatoms. The van der Waals surface area contributed by atoms with Gasteiger partial charge in [-0.1, -0.05) is 6.07 Å². The minimum absolute atomic E-state index is 0.00337. The molecule has 0 aliphatic rings. The van der Waals surface area contributed by atoms with Crippen molar-refractivity contribution in [3.8, 4) is 0 Å². The third-order valence-electron chi connectivity index (χ3n) is 2.89. The molecule has 0 amide bonds. The summed E-state index contributed by atoms with van der Waals surface area (Å²) in [6.45, 7) is 2.00. The molecule has 0 bridgehead atoms. The van der Waals surface area contributed by atoms with Gasteiger partial charge in [-0.15, -0.1) is 0 Å². The van der Waals surface area contributed by atoms with Crippen molar-refractivity contribution in [3.63, 3.8) is 0 Å². The molecular formula is C12H14N2O4S. The summed E-state index contributed by atoms with van der Waals surface area (Å²) < 4.78 is 24.2. The molecule has 0 radical (unpaired) electrons. The number of aromatic nitrogens is 2. The van der Waals surface area contributed by atoms with Crippen LogP contribution in [0.1, 0.15) is 16.2 Å². The van der Waals surface area contributed by atoms with E-state index in [9.17, 15) is 13.2 Å². The van der Waals surface area contributed by atoms with E-state index in [1.165, 1.54) is 12.3 Å². The van der Waals surface area contributed by atoms with E-state index in [1.54, 1.807) is 23.6 Å². The van der Waals surface area contributed by atoms with Crippen LogP contribution < -0.4 is 0 Å². The van der Waals surface area contributed by atoms with Gasteiger partial charge in [-0.05, 0) is 19.1 Å². The second-order valence-corrected chi connectivity index (χ2v) is 6.68. The number of hydrogen-bond donors (Lipinski definition) is 1. The summed E-state index contributed by atoms with van der Waals surface area (Å²) in [4.78, 5) is 15.3. The van der Waals surface area contributed by atoms with Crippen molar-refractivity contribution >= 4 is 26.8 Å². The van der Waals surface area contributed by atoms with Crippen molar-refractivity contribution in [1.82, 2.24) is 9.55 Å². The topological polar surface area (TPSA) is 89.3 Å². The third-order valence-corrected chi connectivity index (χ3v) is 3.81. The lowest BCUT2D eigenvalue weighted by molar-refractivity contribution is 0.0699. The first-order chi connectivity index (χ1) is 8.79. The average Bonchev–Trinajstić information content (AvgIpc) is 2.60. The molecule has 0 atom stereocenters. The van der Waals surface area contributed by atoms with Gasteiger partial charge in [0.2, 0.25) is 0 Å². The Bertz CT molecular complexity index is 746. The highest BCUT2D eigenvalue weighted by Crippen LogP contribution is 2.20. The standard InChI is InChI=1S/C12H14N2O4S/c1-8-13-11-9(12(15)16)4-3-5-10(11)14(8)6-7-19(2,17)18/h3-5H,6-7H2,1-2H3,(H,15,16). The number of sulfone groups is 1. The Balaban J connectivity index is 2.54. The molecule has 0 spiro atoms. The Morgan fingerprint density at radius 1 is 1.42 bits per heavy atom. The number of fused-ring (bicyclic) bond motifs is 1. The van der Waals surface area contributed by atoms with Gasteiger partial charge in [-0.3, -0.25) is 0 Å². The van der Waals surface area contributed by atoms with Gasteiger partial charge in [0.1, 0.15) is 21.2 Å². The summed E-state index contributed by atoms with van der Waals surface area (Å²) in [6, 6.07) is 4.85. The number of para-hydroxylation sites is 1. The number of aromatic carboxylic acids is 1. The molecule has 19 heavy (non-hydrogen) atoms. The summed E-state index contributed by atoms with van der Waals surface area (Å²) >= 11 is 0. The lowest BCUT2D eigenvalue weighted by atomic mass is 10.2. The Labute approximate surface area is 110 Å². The SMILES string of the molecule is Cc1nc2c(C(=O)O)cccc2n1CCS(C)(=O)=O. The van der Waals surface area contributed by atoms with Crippen LogP contribution in [0.25, 0.3) is 11.0 Å². The lowest BCUT2D eigenvalue weighted by Gasteiger charge is -2.05. The van der Waals surface area contributed by atoms with Crippen LogP contribution >= 0.6 is 0 Å². The number of carboxylic acid groups (broad SMARTS) is 1. The van der Waals surface area contributed by atoms with Crippen LogP contribution in [0.2, 0.25) is 0 Å². The average molecular weight is 282 g/mol. The van der Waals surface area contributed by atoms with Crippen LogP contribution in [0, 0.1) is 6.92 Å². The normalized spacial score (nSPS) is 11.9. The molecule has 2 aromatic rings. The van der Waals surface area contributed by atoms with Gasteiger partial charge in [0.25, 0.3) is 0 Å². The fraction of sp³-hybridized carbons (Fsp3) is 0.333. The molecule has 1 aromatic carbocycles. The number of benzene rings is 1. The molecule has 6 nitrogen and oxygen atoms in total. The van der Waals surface area contributed by atoms with E-state index in [4.69, 9.17) is 5.11 Å². The maximum absolute atomic E-state index is 11.2. The van der Waals surface area contributed by atoms with E-state index in [-0.39, 0.29) is 17.9 Å². The molecule has 102 valence electrons. The summed E-state index contributed by atoms with van der Waals surface area (Å²) in [7, 11) is -3.08. The van der Waals surface area contributed by atoms with Gasteiger partial charge in [0.05, 0.1) is 16.8 Å². The Morgan fingerprint density at radius 3 is 2.68 bits per heavy atom. The van der Waals surface area contributed by atoms with Gasteiger partial charge in [-0.2, -0.15) is 0 Å². The Hall–Kier alpha value is -1.89. The number of carbonyl (C=O) groups is 1. The molecule has 0 aliphatic heterocycles. The number of aryl methyl sites for hydroxylation is 2. The van der Waals surface area contributed by atoms with E-state index in [2.05, 4.69) is 4.98 Å². The molecule has 0 unspecified atom stereocenters. The van der Waals surface area contributed by atoms with E-state index in [0.29, 0.717) is 16.9 Å². The van der Waals surface area contributed by atoms with Gasteiger partial charge in [0, 0.05) is 12.8 Å². The van der Waals surface area contributed by atoms with Crippen molar-refractivity contribution in [1.29, 1.82) is 0 Å². The first-order valence-corrected chi connectivity index (χ1v) is 7.72. The van der Waals surface area contributed by atoms with Gasteiger partial charge in [-0.25, -0.2) is 18.2 Å². The summed E-state index contributed by atoms with van der Waals surface area (Å²) in [6.07, 6.45) is 1.17. The molecular weight excluding hydrogens is 268 g/mol. The second kappa shape index (κ2) is 4.65. The number of rotatable bonds is 4. The van der Waals surface area contributed by atoms with Crippen molar-refractivity contribution in [2.75, 3.05) is 12.0 Å². The van der Waals surface area contributed by atoms with Crippen molar-refractivity contribution < 1.29 is 18.3 Å². The Kier molecular flexibility index (Phi) is 3.32. The first kappa shape index (κ1) is 13.5. The molecule has 1 aromatic heterocycles. The third kappa shape index (κ3) is 2.76. The predicted octanol–water partition coefficient (Wildman–Crippen LogP) is 1.09. The van der Waals surface area contributed by atoms with Crippen LogP contribution in [0.15, 0.2) is 18.2 Å². The van der Waals surface area contributed by atoms with E-state index in [1.807, 2.05) is 0 Å². The van der Waals surface area contributed by atoms with Crippen LogP contribution in [-0.2, 0) is 16.4 Å². The lowest BCUT2D eigenvalue weighted by Crippen LogP contribution is -2.12. The molecule has 0 fully saturated rings. The highest BCUT2D eigenvalue weighted by Gasteiger charge is 2.15. The van der Waals surface area contributed by atoms with E-state index in [0.717, 1.165) is 0 Å². The summed E-state index contributed by atoms with van der Waals surface area (Å²) in [5, 5.41) is 9.10. The maximum Gasteiger partial charge on any atom is 0.337 e. The number of carboxylic acids is 1. The quantitative estimate of drug-likeness (QED) is 0.906. The zero-order valence-electron chi connectivity index (χ0n) is 10.6. The molecule has 0 saturated carbocycles. The Morgan fingerprint density at radius 2 is 2.11 bits per heavy atom. The molecule has 1 N–H and O–H groups in total. The molecule has 0 aliphatic carbocycles. The highest BCUT2D eigenvalue weighted by atomic mass is 32.2. The number of hydrogen-bond acceptors (Lipinski definition) is 4. The minimum atomic E-state index is -3.08. The zero-order valence-corrected chi connectivity index (χ0v) is 11.4. The van der Waals surface area contributed by atoms with Gasteiger partial charge >= 0.3 is 5.97 Å². The van der Waals surface area contributed by atoms with E-state index >= 15 is 0 Å². The van der Waals surface area contributed by atoms with Crippen LogP contribution in [0.5, 0.6) is 0 Å². The van der Waals surface area contributed by atoms with E-state index < -0.39 is 15.8 Å². The van der Waals surface area contributed by atoms with Crippen molar-refractivity contribution in [3.05, 3.63) is 29.6 Å². The van der Waals surface area contributed by atoms with Crippen LogP contribution in [0.3, 0.4) is 0 Å². The minimum Gasteiger partial charge on any atom is -0.478 e. The summed E-state index contributed by atoms with van der Waals surface area (Å²) in [5.41, 5.74) is 1.15. The number of nitrogens with zero attached hydrogens (tertiary/aromatic N) is 2. The maximum atomic E-state index is 11.2. The molecule has 1 heterocycles. The van der Waals surface area contributed by atoms with Gasteiger partial charge in [0.15, 0.2) is 0 Å². The van der Waals surface area contributed by atoms with Crippen LogP contribution in [0.4, 0.5) is 0 Å². The highest BCUT2D eigenvalue weighted by molar-refractivity contribution is 7.90. The van der Waals surface area contributed by atoms with Crippen molar-refractivity contribution in [2.45, 2.75) is 13.5 Å². The summed E-state index contributed by atoms with van der Waals surface area (Å²) in [5.74, 6) is -0.443. The molecule has 0 saturated heterocycles. The van der Waals surface area contributed by atoms with Gasteiger partial charge < -0.3 is 9.67 Å². The zero-order chi connectivity index (χ0) is 14.2. The predicted molar refractivity (Wildman–Crippen MR) is 71.1 cm³/mol. The van der Waals surface area contributed by atoms with Crippen LogP contribution in [-0.4, -0.2) is 41.1 Å². The second-order valence-electron chi connectivity index (χ2n) is 4.42. The largest absolute Gasteiger partial charge is 0.478 e.